The fraction of sp³-hybridized carbons (Fsp3) is 0.900. The van der Waals surface area contributed by atoms with E-state index in [1.165, 1.54) is 0 Å². The summed E-state index contributed by atoms with van der Waals surface area (Å²) < 4.78 is 0. The lowest BCUT2D eigenvalue weighted by Crippen LogP contribution is -2.44. The van der Waals surface area contributed by atoms with E-state index in [4.69, 9.17) is 5.73 Å². The molecule has 0 aromatic heterocycles. The minimum Gasteiger partial charge on any atom is -0.352 e. The maximum atomic E-state index is 11.6. The summed E-state index contributed by atoms with van der Waals surface area (Å²) in [5.74, 6) is 0.145. The van der Waals surface area contributed by atoms with Gasteiger partial charge in [0.25, 0.3) is 0 Å². The van der Waals surface area contributed by atoms with Gasteiger partial charge in [-0.15, -0.1) is 0 Å². The average Bonchev–Trinajstić information content (AvgIpc) is 2.96. The summed E-state index contributed by atoms with van der Waals surface area (Å²) in [4.78, 5) is 13.7. The second-order valence-electron chi connectivity index (χ2n) is 4.08. The number of nitrogens with two attached hydrogens (primary N) is 1. The first kappa shape index (κ1) is 11.5. The molecule has 0 spiro atoms. The van der Waals surface area contributed by atoms with Crippen LogP contribution in [-0.4, -0.2) is 43.0 Å². The molecule has 0 saturated heterocycles. The predicted molar refractivity (Wildman–Crippen MR) is 56.9 cm³/mol. The second-order valence-corrected chi connectivity index (χ2v) is 4.08. The van der Waals surface area contributed by atoms with Gasteiger partial charge in [-0.05, 0) is 46.3 Å². The monoisotopic (exact) mass is 199 g/mol. The highest BCUT2D eigenvalue weighted by Gasteiger charge is 2.26. The average molecular weight is 199 g/mol. The van der Waals surface area contributed by atoms with Crippen molar-refractivity contribution in [1.29, 1.82) is 0 Å². The first-order valence-corrected chi connectivity index (χ1v) is 5.36. The third-order valence-electron chi connectivity index (χ3n) is 2.68. The molecule has 1 unspecified atom stereocenters. The lowest BCUT2D eigenvalue weighted by Gasteiger charge is -2.23. The van der Waals surface area contributed by atoms with Gasteiger partial charge < -0.3 is 11.1 Å². The van der Waals surface area contributed by atoms with Gasteiger partial charge in [-0.3, -0.25) is 9.69 Å². The van der Waals surface area contributed by atoms with Crippen molar-refractivity contribution < 1.29 is 4.79 Å². The molecule has 3 N–H and O–H groups in total. The summed E-state index contributed by atoms with van der Waals surface area (Å²) in [6.07, 6.45) is 3.23. The molecule has 1 atom stereocenters. The van der Waals surface area contributed by atoms with Gasteiger partial charge in [0.15, 0.2) is 0 Å². The summed E-state index contributed by atoms with van der Waals surface area (Å²) >= 11 is 0. The van der Waals surface area contributed by atoms with Crippen LogP contribution in [0.4, 0.5) is 0 Å². The van der Waals surface area contributed by atoms with E-state index in [-0.39, 0.29) is 11.9 Å². The van der Waals surface area contributed by atoms with Crippen molar-refractivity contribution in [2.24, 2.45) is 5.73 Å². The van der Waals surface area contributed by atoms with E-state index in [1.54, 1.807) is 0 Å². The van der Waals surface area contributed by atoms with E-state index < -0.39 is 0 Å². The van der Waals surface area contributed by atoms with Gasteiger partial charge in [0.2, 0.25) is 5.91 Å². The van der Waals surface area contributed by atoms with Gasteiger partial charge in [0.05, 0.1) is 6.04 Å². The third kappa shape index (κ3) is 3.64. The molecular weight excluding hydrogens is 178 g/mol. The zero-order valence-corrected chi connectivity index (χ0v) is 9.12. The van der Waals surface area contributed by atoms with Gasteiger partial charge in [-0.25, -0.2) is 0 Å². The van der Waals surface area contributed by atoms with Gasteiger partial charge >= 0.3 is 0 Å². The number of nitrogens with zero attached hydrogens (tertiary/aromatic N) is 1. The Hall–Kier alpha value is -0.610. The normalized spacial score (nSPS) is 18.3. The molecule has 1 aliphatic rings. The van der Waals surface area contributed by atoms with Crippen LogP contribution >= 0.6 is 0 Å². The molecule has 82 valence electrons. The van der Waals surface area contributed by atoms with Crippen LogP contribution in [0.15, 0.2) is 0 Å². The van der Waals surface area contributed by atoms with Crippen LogP contribution in [0, 0.1) is 0 Å². The predicted octanol–water partition coefficient (Wildman–Crippen LogP) is -0.0659. The molecule has 0 aromatic carbocycles. The lowest BCUT2D eigenvalue weighted by atomic mass is 10.2. The molecule has 1 fully saturated rings. The second kappa shape index (κ2) is 5.32. The molecule has 0 aromatic rings. The summed E-state index contributed by atoms with van der Waals surface area (Å²) in [6, 6.07) is 0.412. The van der Waals surface area contributed by atoms with E-state index in [9.17, 15) is 4.79 Å². The Morgan fingerprint density at radius 2 is 2.29 bits per heavy atom. The van der Waals surface area contributed by atoms with Crippen LogP contribution in [0.2, 0.25) is 0 Å². The molecule has 4 nitrogen and oxygen atoms in total. The fourth-order valence-corrected chi connectivity index (χ4v) is 1.28. The Bertz CT molecular complexity index is 192. The Kier molecular flexibility index (Phi) is 4.35. The molecular formula is C10H21N3O. The van der Waals surface area contributed by atoms with Crippen LogP contribution in [0.5, 0.6) is 0 Å². The molecule has 4 heteroatoms. The first-order chi connectivity index (χ1) is 6.65. The molecule has 1 amide bonds. The first-order valence-electron chi connectivity index (χ1n) is 5.36. The summed E-state index contributed by atoms with van der Waals surface area (Å²) in [5.41, 5.74) is 5.42. The number of nitrogens with one attached hydrogen (secondary N) is 1. The number of hydrogen-bond donors (Lipinski definition) is 2. The summed E-state index contributed by atoms with van der Waals surface area (Å²) in [5, 5.41) is 3.00. The molecule has 0 radical (unpaired) electrons. The zero-order chi connectivity index (χ0) is 10.6. The van der Waals surface area contributed by atoms with E-state index in [0.717, 1.165) is 25.8 Å². The molecule has 1 rings (SSSR count). The van der Waals surface area contributed by atoms with Gasteiger partial charge in [-0.1, -0.05) is 0 Å². The number of hydrogen-bond acceptors (Lipinski definition) is 3. The van der Waals surface area contributed by atoms with Crippen molar-refractivity contribution in [2.45, 2.75) is 38.3 Å². The summed E-state index contributed by atoms with van der Waals surface area (Å²) in [6.45, 7) is 3.51. The Balaban J connectivity index is 2.22. The van der Waals surface area contributed by atoms with Crippen LogP contribution < -0.4 is 11.1 Å². The van der Waals surface area contributed by atoms with Crippen molar-refractivity contribution in [1.82, 2.24) is 10.2 Å². The van der Waals surface area contributed by atoms with Crippen molar-refractivity contribution >= 4 is 5.91 Å². The van der Waals surface area contributed by atoms with Crippen molar-refractivity contribution in [2.75, 3.05) is 20.1 Å². The Labute approximate surface area is 85.8 Å². The highest BCUT2D eigenvalue weighted by Crippen LogP contribution is 2.18. The van der Waals surface area contributed by atoms with Crippen LogP contribution in [-0.2, 0) is 4.79 Å². The maximum Gasteiger partial charge on any atom is 0.237 e. The highest BCUT2D eigenvalue weighted by molar-refractivity contribution is 5.81. The summed E-state index contributed by atoms with van der Waals surface area (Å²) in [7, 11) is 1.97. The molecule has 0 bridgehead atoms. The van der Waals surface area contributed by atoms with Gasteiger partial charge in [0.1, 0.15) is 0 Å². The fourth-order valence-electron chi connectivity index (χ4n) is 1.28. The van der Waals surface area contributed by atoms with E-state index in [0.29, 0.717) is 12.6 Å². The molecule has 0 heterocycles. The molecule has 1 aliphatic carbocycles. The molecule has 0 aliphatic heterocycles. The minimum atomic E-state index is -0.0397. The van der Waals surface area contributed by atoms with E-state index in [2.05, 4.69) is 5.32 Å². The minimum absolute atomic E-state index is 0.0397. The van der Waals surface area contributed by atoms with E-state index in [1.807, 2.05) is 18.9 Å². The van der Waals surface area contributed by atoms with Gasteiger partial charge in [-0.2, -0.15) is 0 Å². The smallest absolute Gasteiger partial charge is 0.237 e. The number of likely N-dealkylation sites (N-methyl/N-ethyl adjacent to an activating group) is 1. The number of rotatable bonds is 6. The Morgan fingerprint density at radius 3 is 2.79 bits per heavy atom. The van der Waals surface area contributed by atoms with Crippen molar-refractivity contribution in [3.8, 4) is 0 Å². The van der Waals surface area contributed by atoms with Gasteiger partial charge in [0, 0.05) is 6.04 Å². The zero-order valence-electron chi connectivity index (χ0n) is 9.12. The molecule has 14 heavy (non-hydrogen) atoms. The maximum absolute atomic E-state index is 11.6. The van der Waals surface area contributed by atoms with Crippen LogP contribution in [0.1, 0.15) is 26.2 Å². The molecule has 1 saturated carbocycles. The standard InChI is InChI=1S/C10H21N3O/c1-8(13(2)7-3-6-11)10(14)12-9-4-5-9/h8-9H,3-7,11H2,1-2H3,(H,12,14). The number of amides is 1. The SMILES string of the molecule is CC(C(=O)NC1CC1)N(C)CCCN. The third-order valence-corrected chi connectivity index (χ3v) is 2.68. The van der Waals surface area contributed by atoms with Crippen LogP contribution in [0.3, 0.4) is 0 Å². The Morgan fingerprint density at radius 1 is 1.64 bits per heavy atom. The number of carbonyl (C=O) groups is 1. The number of carbonyl (C=O) groups excluding carboxylic acids is 1. The van der Waals surface area contributed by atoms with Crippen molar-refractivity contribution in [3.05, 3.63) is 0 Å². The highest BCUT2D eigenvalue weighted by atomic mass is 16.2. The largest absolute Gasteiger partial charge is 0.352 e. The van der Waals surface area contributed by atoms with Crippen molar-refractivity contribution in [3.63, 3.8) is 0 Å². The van der Waals surface area contributed by atoms with Crippen LogP contribution in [0.25, 0.3) is 0 Å². The van der Waals surface area contributed by atoms with E-state index >= 15 is 0 Å². The quantitative estimate of drug-likeness (QED) is 0.630. The topological polar surface area (TPSA) is 58.4 Å². The lowest BCUT2D eigenvalue weighted by molar-refractivity contribution is -0.125.